The van der Waals surface area contributed by atoms with Crippen LogP contribution in [-0.2, 0) is 29.1 Å². The summed E-state index contributed by atoms with van der Waals surface area (Å²) in [7, 11) is -2.54. The molecule has 0 saturated carbocycles. The van der Waals surface area contributed by atoms with E-state index in [1.165, 1.54) is 30.5 Å². The van der Waals surface area contributed by atoms with Crippen LogP contribution in [0.4, 0.5) is 0 Å². The highest BCUT2D eigenvalue weighted by atomic mass is 32.2. The zero-order valence-corrected chi connectivity index (χ0v) is 14.7. The van der Waals surface area contributed by atoms with Gasteiger partial charge in [0.15, 0.2) is 0 Å². The van der Waals surface area contributed by atoms with Crippen molar-refractivity contribution in [2.24, 2.45) is 0 Å². The van der Waals surface area contributed by atoms with Crippen LogP contribution in [0.2, 0.25) is 0 Å². The van der Waals surface area contributed by atoms with Crippen molar-refractivity contribution < 1.29 is 27.5 Å². The Morgan fingerprint density at radius 2 is 1.88 bits per heavy atom. The predicted molar refractivity (Wildman–Crippen MR) is 85.7 cm³/mol. The van der Waals surface area contributed by atoms with Crippen molar-refractivity contribution in [2.45, 2.75) is 43.7 Å². The molecule has 1 saturated heterocycles. The summed E-state index contributed by atoms with van der Waals surface area (Å²) in [5, 5.41) is 0. The van der Waals surface area contributed by atoms with Gasteiger partial charge in [0.25, 0.3) is 0 Å². The highest BCUT2D eigenvalue weighted by Gasteiger charge is 2.42. The molecular formula is C16H21NO6S. The van der Waals surface area contributed by atoms with E-state index >= 15 is 0 Å². The first-order chi connectivity index (χ1) is 11.2. The number of sulfonamides is 1. The monoisotopic (exact) mass is 355 g/mol. The molecule has 1 fully saturated rings. The first-order valence-corrected chi connectivity index (χ1v) is 9.00. The van der Waals surface area contributed by atoms with Gasteiger partial charge in [0.1, 0.15) is 6.10 Å². The van der Waals surface area contributed by atoms with Crippen molar-refractivity contribution in [3.63, 3.8) is 0 Å². The van der Waals surface area contributed by atoms with Gasteiger partial charge in [-0.25, -0.2) is 8.42 Å². The molecule has 1 unspecified atom stereocenters. The van der Waals surface area contributed by atoms with Crippen molar-refractivity contribution >= 4 is 22.0 Å². The molecule has 0 N–H and O–H groups in total. The third-order valence-electron chi connectivity index (χ3n) is 3.92. The molecule has 1 aliphatic rings. The molecule has 7 nitrogen and oxygen atoms in total. The minimum atomic E-state index is -3.79. The molecular weight excluding hydrogens is 334 g/mol. The second kappa shape index (κ2) is 7.31. The summed E-state index contributed by atoms with van der Waals surface area (Å²) < 4.78 is 36.8. The van der Waals surface area contributed by atoms with Gasteiger partial charge >= 0.3 is 11.9 Å². The van der Waals surface area contributed by atoms with E-state index < -0.39 is 34.1 Å². The van der Waals surface area contributed by atoms with Crippen LogP contribution in [0.25, 0.3) is 0 Å². The van der Waals surface area contributed by atoms with Crippen LogP contribution in [0.15, 0.2) is 29.2 Å². The zero-order chi connectivity index (χ0) is 17.9. The van der Waals surface area contributed by atoms with Crippen molar-refractivity contribution in [2.75, 3.05) is 13.7 Å². The maximum absolute atomic E-state index is 12.9. The number of hydrogen-bond donors (Lipinski definition) is 0. The normalized spacial score (nSPS) is 21.5. The summed E-state index contributed by atoms with van der Waals surface area (Å²) in [6.07, 6.45) is -0.392. The third-order valence-corrected chi connectivity index (χ3v) is 5.85. The number of carbonyl (C=O) groups is 2. The predicted octanol–water partition coefficient (Wildman–Crippen LogP) is 1.25. The quantitative estimate of drug-likeness (QED) is 0.739. The lowest BCUT2D eigenvalue weighted by Gasteiger charge is -2.23. The molecule has 1 heterocycles. The van der Waals surface area contributed by atoms with E-state index in [4.69, 9.17) is 4.74 Å². The summed E-state index contributed by atoms with van der Waals surface area (Å²) in [5.74, 6) is -0.987. The van der Waals surface area contributed by atoms with Gasteiger partial charge in [0.05, 0.1) is 25.0 Å². The van der Waals surface area contributed by atoms with Gasteiger partial charge in [-0.3, -0.25) is 9.59 Å². The molecule has 8 heteroatoms. The van der Waals surface area contributed by atoms with E-state index in [1.54, 1.807) is 12.1 Å². The second-order valence-electron chi connectivity index (χ2n) is 5.79. The van der Waals surface area contributed by atoms with E-state index in [0.29, 0.717) is 0 Å². The van der Waals surface area contributed by atoms with Crippen molar-refractivity contribution in [1.82, 2.24) is 4.31 Å². The molecule has 1 aromatic carbocycles. The van der Waals surface area contributed by atoms with Crippen molar-refractivity contribution in [1.29, 1.82) is 0 Å². The Hall–Kier alpha value is -1.93. The smallest absolute Gasteiger partial charge is 0.307 e. The van der Waals surface area contributed by atoms with Crippen LogP contribution >= 0.6 is 0 Å². The van der Waals surface area contributed by atoms with Gasteiger partial charge in [0.2, 0.25) is 10.0 Å². The van der Waals surface area contributed by atoms with E-state index in [2.05, 4.69) is 4.74 Å². The molecule has 0 aromatic heterocycles. The maximum Gasteiger partial charge on any atom is 0.307 e. The molecule has 24 heavy (non-hydrogen) atoms. The van der Waals surface area contributed by atoms with Gasteiger partial charge in [-0.2, -0.15) is 4.31 Å². The molecule has 0 amide bonds. The Balaban J connectivity index is 2.29. The highest BCUT2D eigenvalue weighted by Crippen LogP contribution is 2.30. The minimum absolute atomic E-state index is 0.0252. The lowest BCUT2D eigenvalue weighted by atomic mass is 10.1. The van der Waals surface area contributed by atoms with Gasteiger partial charge < -0.3 is 9.47 Å². The van der Waals surface area contributed by atoms with Gasteiger partial charge in [-0.15, -0.1) is 0 Å². The Labute approximate surface area is 141 Å². The van der Waals surface area contributed by atoms with E-state index in [9.17, 15) is 18.0 Å². The molecule has 1 aliphatic heterocycles. The SMILES string of the molecule is COC(=O)C[C@H]1CC(OC(C)=O)CN1S(=O)(=O)c1ccc(C)cc1. The number of esters is 2. The van der Waals surface area contributed by atoms with Gasteiger partial charge in [-0.1, -0.05) is 17.7 Å². The molecule has 1 aromatic rings. The summed E-state index contributed by atoms with van der Waals surface area (Å²) in [6.45, 7) is 3.16. The van der Waals surface area contributed by atoms with Crippen LogP contribution in [0.1, 0.15) is 25.3 Å². The summed E-state index contributed by atoms with van der Waals surface area (Å²) in [6, 6.07) is 5.87. The molecule has 2 rings (SSSR count). The van der Waals surface area contributed by atoms with Gasteiger partial charge in [0, 0.05) is 19.4 Å². The average Bonchev–Trinajstić information content (AvgIpc) is 2.89. The largest absolute Gasteiger partial charge is 0.469 e. The van der Waals surface area contributed by atoms with E-state index in [1.807, 2.05) is 6.92 Å². The number of aryl methyl sites for hydroxylation is 1. The lowest BCUT2D eigenvalue weighted by Crippen LogP contribution is -2.37. The van der Waals surface area contributed by atoms with Crippen LogP contribution in [-0.4, -0.2) is 50.5 Å². The number of ether oxygens (including phenoxy) is 2. The molecule has 2 atom stereocenters. The molecule has 0 aliphatic carbocycles. The number of hydrogen-bond acceptors (Lipinski definition) is 6. The van der Waals surface area contributed by atoms with Crippen LogP contribution in [0.3, 0.4) is 0 Å². The fraction of sp³-hybridized carbons (Fsp3) is 0.500. The number of rotatable bonds is 5. The van der Waals surface area contributed by atoms with Crippen molar-refractivity contribution in [3.05, 3.63) is 29.8 Å². The van der Waals surface area contributed by atoms with Crippen LogP contribution in [0.5, 0.6) is 0 Å². The number of benzene rings is 1. The number of carbonyl (C=O) groups excluding carboxylic acids is 2. The zero-order valence-electron chi connectivity index (χ0n) is 13.9. The summed E-state index contributed by atoms with van der Waals surface area (Å²) in [4.78, 5) is 22.9. The minimum Gasteiger partial charge on any atom is -0.469 e. The fourth-order valence-electron chi connectivity index (χ4n) is 2.77. The Morgan fingerprint density at radius 1 is 1.25 bits per heavy atom. The molecule has 0 bridgehead atoms. The Bertz CT molecular complexity index is 713. The standard InChI is InChI=1S/C16H21NO6S/c1-11-4-6-15(7-5-11)24(20,21)17-10-14(23-12(2)18)8-13(17)9-16(19)22-3/h4-7,13-14H,8-10H2,1-3H3/t13-,14?/m1/s1. The molecule has 0 spiro atoms. The first-order valence-electron chi connectivity index (χ1n) is 7.56. The Morgan fingerprint density at radius 3 is 2.42 bits per heavy atom. The topological polar surface area (TPSA) is 90.0 Å². The maximum atomic E-state index is 12.9. The van der Waals surface area contributed by atoms with E-state index in [-0.39, 0.29) is 24.3 Å². The van der Waals surface area contributed by atoms with E-state index in [0.717, 1.165) is 5.56 Å². The lowest BCUT2D eigenvalue weighted by molar-refractivity contribution is -0.145. The summed E-state index contributed by atoms with van der Waals surface area (Å²) in [5.41, 5.74) is 0.944. The molecule has 132 valence electrons. The number of methoxy groups -OCH3 is 1. The fourth-order valence-corrected chi connectivity index (χ4v) is 4.43. The van der Waals surface area contributed by atoms with Crippen LogP contribution in [0, 0.1) is 6.92 Å². The van der Waals surface area contributed by atoms with Gasteiger partial charge in [-0.05, 0) is 19.1 Å². The van der Waals surface area contributed by atoms with Crippen LogP contribution < -0.4 is 0 Å². The Kier molecular flexibility index (Phi) is 5.61. The first kappa shape index (κ1) is 18.4. The highest BCUT2D eigenvalue weighted by molar-refractivity contribution is 7.89. The van der Waals surface area contributed by atoms with Crippen molar-refractivity contribution in [3.8, 4) is 0 Å². The number of nitrogens with zero attached hydrogens (tertiary/aromatic N) is 1. The summed E-state index contributed by atoms with van der Waals surface area (Å²) >= 11 is 0. The third kappa shape index (κ3) is 4.12. The second-order valence-corrected chi connectivity index (χ2v) is 7.68. The molecule has 0 radical (unpaired) electrons. The average molecular weight is 355 g/mol.